The summed E-state index contributed by atoms with van der Waals surface area (Å²) in [6.45, 7) is 6.53. The monoisotopic (exact) mass is 128 g/mol. The van der Waals surface area contributed by atoms with Crippen LogP contribution >= 0.6 is 0 Å². The van der Waals surface area contributed by atoms with Crippen molar-refractivity contribution in [2.45, 2.75) is 26.7 Å². The molecule has 1 rings (SSSR count). The Morgan fingerprint density at radius 2 is 2.33 bits per heavy atom. The molecule has 0 aromatic heterocycles. The third-order valence-corrected chi connectivity index (χ3v) is 2.34. The van der Waals surface area contributed by atoms with Crippen molar-refractivity contribution in [3.8, 4) is 0 Å². The molecule has 1 fully saturated rings. The summed E-state index contributed by atoms with van der Waals surface area (Å²) in [4.78, 5) is 0. The van der Waals surface area contributed by atoms with Gasteiger partial charge < -0.3 is 4.74 Å². The zero-order valence-corrected chi connectivity index (χ0v) is 6.39. The summed E-state index contributed by atoms with van der Waals surface area (Å²) in [5, 5.41) is 0. The summed E-state index contributed by atoms with van der Waals surface area (Å²) < 4.78 is 5.31. The molecule has 0 aliphatic carbocycles. The van der Waals surface area contributed by atoms with Gasteiger partial charge in [-0.2, -0.15) is 0 Å². The first-order valence-corrected chi connectivity index (χ1v) is 3.92. The molecule has 0 spiro atoms. The van der Waals surface area contributed by atoms with E-state index in [1.54, 1.807) is 0 Å². The quantitative estimate of drug-likeness (QED) is 0.525. The highest BCUT2D eigenvalue weighted by Crippen LogP contribution is 2.23. The fraction of sp³-hybridized carbons (Fsp3) is 1.00. The summed E-state index contributed by atoms with van der Waals surface area (Å²) in [5.74, 6) is 1.72. The molecule has 1 saturated heterocycles. The summed E-state index contributed by atoms with van der Waals surface area (Å²) in [5.41, 5.74) is 0. The maximum atomic E-state index is 5.31. The Balaban J connectivity index is 2.30. The van der Waals surface area contributed by atoms with E-state index < -0.39 is 0 Å². The topological polar surface area (TPSA) is 9.23 Å². The molecule has 0 aromatic rings. The van der Waals surface area contributed by atoms with Gasteiger partial charge in [0.1, 0.15) is 0 Å². The minimum absolute atomic E-state index is 0.795. The molecular weight excluding hydrogens is 112 g/mol. The van der Waals surface area contributed by atoms with Crippen LogP contribution in [0.25, 0.3) is 0 Å². The third-order valence-electron chi connectivity index (χ3n) is 2.34. The standard InChI is InChI=1S/C8H16O/c1-3-8-4-5-9-6-7(8)2/h7-8H,3-6H2,1-2H3. The van der Waals surface area contributed by atoms with Crippen LogP contribution in [0.3, 0.4) is 0 Å². The lowest BCUT2D eigenvalue weighted by molar-refractivity contribution is 0.0232. The van der Waals surface area contributed by atoms with Gasteiger partial charge in [-0.15, -0.1) is 0 Å². The van der Waals surface area contributed by atoms with Crippen LogP contribution in [0.5, 0.6) is 0 Å². The minimum Gasteiger partial charge on any atom is -0.381 e. The predicted octanol–water partition coefficient (Wildman–Crippen LogP) is 2.07. The molecule has 0 bridgehead atoms. The number of hydrogen-bond donors (Lipinski definition) is 0. The molecule has 1 heteroatoms. The van der Waals surface area contributed by atoms with Crippen molar-refractivity contribution in [2.75, 3.05) is 13.2 Å². The van der Waals surface area contributed by atoms with Crippen molar-refractivity contribution in [3.05, 3.63) is 0 Å². The summed E-state index contributed by atoms with van der Waals surface area (Å²) in [6.07, 6.45) is 2.60. The van der Waals surface area contributed by atoms with E-state index in [4.69, 9.17) is 4.74 Å². The number of hydrogen-bond acceptors (Lipinski definition) is 1. The molecule has 1 heterocycles. The SMILES string of the molecule is CCC1CCOCC1C. The molecule has 0 aromatic carbocycles. The molecule has 54 valence electrons. The highest BCUT2D eigenvalue weighted by Gasteiger charge is 2.19. The van der Waals surface area contributed by atoms with Crippen molar-refractivity contribution in [3.63, 3.8) is 0 Å². The first kappa shape index (κ1) is 7.07. The fourth-order valence-corrected chi connectivity index (χ4v) is 1.53. The second-order valence-electron chi connectivity index (χ2n) is 3.01. The second kappa shape index (κ2) is 3.21. The van der Waals surface area contributed by atoms with E-state index in [1.807, 2.05) is 0 Å². The molecule has 0 N–H and O–H groups in total. The molecule has 0 amide bonds. The lowest BCUT2D eigenvalue weighted by Crippen LogP contribution is -2.24. The normalized spacial score (nSPS) is 36.7. The molecule has 1 aliphatic rings. The summed E-state index contributed by atoms with van der Waals surface area (Å²) in [7, 11) is 0. The van der Waals surface area contributed by atoms with Gasteiger partial charge in [-0.3, -0.25) is 0 Å². The molecule has 9 heavy (non-hydrogen) atoms. The molecular formula is C8H16O. The van der Waals surface area contributed by atoms with E-state index in [9.17, 15) is 0 Å². The van der Waals surface area contributed by atoms with Crippen molar-refractivity contribution in [2.24, 2.45) is 11.8 Å². The van der Waals surface area contributed by atoms with Gasteiger partial charge in [-0.1, -0.05) is 20.3 Å². The van der Waals surface area contributed by atoms with Crippen molar-refractivity contribution in [1.29, 1.82) is 0 Å². The Hall–Kier alpha value is -0.0400. The van der Waals surface area contributed by atoms with Crippen LogP contribution in [-0.4, -0.2) is 13.2 Å². The lowest BCUT2D eigenvalue weighted by Gasteiger charge is -2.27. The zero-order valence-electron chi connectivity index (χ0n) is 6.39. The fourth-order valence-electron chi connectivity index (χ4n) is 1.53. The Kier molecular flexibility index (Phi) is 2.52. The van der Waals surface area contributed by atoms with Crippen molar-refractivity contribution < 1.29 is 4.74 Å². The van der Waals surface area contributed by atoms with Crippen LogP contribution in [0, 0.1) is 11.8 Å². The van der Waals surface area contributed by atoms with Crippen LogP contribution in [0.15, 0.2) is 0 Å². The maximum Gasteiger partial charge on any atom is 0.0494 e. The van der Waals surface area contributed by atoms with E-state index >= 15 is 0 Å². The van der Waals surface area contributed by atoms with Crippen LogP contribution in [0.2, 0.25) is 0 Å². The van der Waals surface area contributed by atoms with E-state index in [0.717, 1.165) is 25.0 Å². The largest absolute Gasteiger partial charge is 0.381 e. The zero-order chi connectivity index (χ0) is 6.69. The van der Waals surface area contributed by atoms with Gasteiger partial charge in [-0.25, -0.2) is 0 Å². The van der Waals surface area contributed by atoms with Gasteiger partial charge in [0.2, 0.25) is 0 Å². The first-order valence-electron chi connectivity index (χ1n) is 3.92. The first-order chi connectivity index (χ1) is 4.34. The van der Waals surface area contributed by atoms with Gasteiger partial charge in [0, 0.05) is 13.2 Å². The molecule has 2 atom stereocenters. The number of ether oxygens (including phenoxy) is 1. The Morgan fingerprint density at radius 3 is 2.78 bits per heavy atom. The van der Waals surface area contributed by atoms with Gasteiger partial charge in [0.15, 0.2) is 0 Å². The molecule has 0 saturated carbocycles. The van der Waals surface area contributed by atoms with Gasteiger partial charge in [-0.05, 0) is 18.3 Å². The maximum absolute atomic E-state index is 5.31. The van der Waals surface area contributed by atoms with Crippen LogP contribution in [0.4, 0.5) is 0 Å². The van der Waals surface area contributed by atoms with Gasteiger partial charge in [0.05, 0.1) is 0 Å². The molecule has 0 radical (unpaired) electrons. The second-order valence-corrected chi connectivity index (χ2v) is 3.01. The van der Waals surface area contributed by atoms with E-state index in [2.05, 4.69) is 13.8 Å². The smallest absolute Gasteiger partial charge is 0.0494 e. The minimum atomic E-state index is 0.795. The van der Waals surface area contributed by atoms with E-state index in [-0.39, 0.29) is 0 Å². The van der Waals surface area contributed by atoms with E-state index in [0.29, 0.717) is 0 Å². The molecule has 2 unspecified atom stereocenters. The summed E-state index contributed by atoms with van der Waals surface area (Å²) in [6, 6.07) is 0. The molecule has 1 nitrogen and oxygen atoms in total. The van der Waals surface area contributed by atoms with E-state index in [1.165, 1.54) is 12.8 Å². The average Bonchev–Trinajstić information content (AvgIpc) is 1.89. The van der Waals surface area contributed by atoms with Gasteiger partial charge in [0.25, 0.3) is 0 Å². The molecule has 1 aliphatic heterocycles. The van der Waals surface area contributed by atoms with Crippen LogP contribution in [-0.2, 0) is 4.74 Å². The number of rotatable bonds is 1. The highest BCUT2D eigenvalue weighted by molar-refractivity contribution is 4.68. The lowest BCUT2D eigenvalue weighted by atomic mass is 9.88. The van der Waals surface area contributed by atoms with Crippen LogP contribution < -0.4 is 0 Å². The average molecular weight is 128 g/mol. The van der Waals surface area contributed by atoms with Crippen molar-refractivity contribution >= 4 is 0 Å². The Morgan fingerprint density at radius 1 is 1.56 bits per heavy atom. The van der Waals surface area contributed by atoms with Crippen LogP contribution in [0.1, 0.15) is 26.7 Å². The predicted molar refractivity (Wildman–Crippen MR) is 38.4 cm³/mol. The highest BCUT2D eigenvalue weighted by atomic mass is 16.5. The van der Waals surface area contributed by atoms with Crippen molar-refractivity contribution in [1.82, 2.24) is 0 Å². The Labute approximate surface area is 57.4 Å². The third kappa shape index (κ3) is 1.68. The van der Waals surface area contributed by atoms with Gasteiger partial charge >= 0.3 is 0 Å². The Bertz CT molecular complexity index is 80.6. The summed E-state index contributed by atoms with van der Waals surface area (Å²) >= 11 is 0.